The van der Waals surface area contributed by atoms with Gasteiger partial charge in [0.2, 0.25) is 5.91 Å². The summed E-state index contributed by atoms with van der Waals surface area (Å²) in [5, 5.41) is 0.525. The molecule has 1 aliphatic rings. The van der Waals surface area contributed by atoms with E-state index < -0.39 is 18.9 Å². The number of carbonyl (C=O) groups excluding carboxylic acids is 1. The van der Waals surface area contributed by atoms with Crippen molar-refractivity contribution in [2.45, 2.75) is 12.3 Å². The van der Waals surface area contributed by atoms with E-state index in [4.69, 9.17) is 11.6 Å². The molecule has 1 saturated heterocycles. The van der Waals surface area contributed by atoms with E-state index in [9.17, 15) is 18.0 Å². The summed E-state index contributed by atoms with van der Waals surface area (Å²) in [6, 6.07) is 7.04. The minimum atomic E-state index is -4.34. The Morgan fingerprint density at radius 2 is 2.05 bits per heavy atom. The zero-order chi connectivity index (χ0) is 15.5. The molecule has 0 radical (unpaired) electrons. The van der Waals surface area contributed by atoms with Crippen LogP contribution in [0.3, 0.4) is 0 Å². The minimum Gasteiger partial charge on any atom is -0.365 e. The Morgan fingerprint density at radius 3 is 2.67 bits per heavy atom. The molecule has 0 atom stereocenters. The number of hydrogen-bond acceptors (Lipinski definition) is 2. The first-order valence-corrected chi connectivity index (χ1v) is 6.63. The van der Waals surface area contributed by atoms with Crippen LogP contribution in [0.4, 0.5) is 13.2 Å². The van der Waals surface area contributed by atoms with Crippen LogP contribution < -0.4 is 0 Å². The van der Waals surface area contributed by atoms with Crippen molar-refractivity contribution in [2.75, 3.05) is 19.7 Å². The monoisotopic (exact) mass is 319 g/mol. The van der Waals surface area contributed by atoms with Crippen molar-refractivity contribution in [3.63, 3.8) is 0 Å². The molecule has 0 bridgehead atoms. The standard InChI is InChI=1S/C14H13ClF3NO2/c15-12-4-2-1-3-10(12)5-6-13(20)19-7-11(8-19)21-9-14(16,17)18/h1-6,11H,7-9H2/b6-5+. The van der Waals surface area contributed by atoms with Crippen LogP contribution in [-0.4, -0.2) is 42.8 Å². The van der Waals surface area contributed by atoms with E-state index in [1.807, 2.05) is 0 Å². The van der Waals surface area contributed by atoms with Crippen molar-refractivity contribution in [1.82, 2.24) is 4.90 Å². The highest BCUT2D eigenvalue weighted by Gasteiger charge is 2.35. The third kappa shape index (κ3) is 4.75. The van der Waals surface area contributed by atoms with Crippen LogP contribution in [0.2, 0.25) is 5.02 Å². The number of rotatable bonds is 4. The predicted molar refractivity (Wildman–Crippen MR) is 72.9 cm³/mol. The highest BCUT2D eigenvalue weighted by molar-refractivity contribution is 6.32. The van der Waals surface area contributed by atoms with Gasteiger partial charge in [-0.05, 0) is 17.7 Å². The number of amides is 1. The molecule has 21 heavy (non-hydrogen) atoms. The topological polar surface area (TPSA) is 29.5 Å². The lowest BCUT2D eigenvalue weighted by atomic mass is 10.1. The van der Waals surface area contributed by atoms with Crippen LogP contribution >= 0.6 is 11.6 Å². The summed E-state index contributed by atoms with van der Waals surface area (Å²) in [6.45, 7) is -0.946. The maximum Gasteiger partial charge on any atom is 0.411 e. The van der Waals surface area contributed by atoms with Crippen LogP contribution in [0.25, 0.3) is 6.08 Å². The lowest BCUT2D eigenvalue weighted by molar-refractivity contribution is -0.199. The van der Waals surface area contributed by atoms with Crippen molar-refractivity contribution in [3.8, 4) is 0 Å². The second-order valence-electron chi connectivity index (χ2n) is 4.65. The van der Waals surface area contributed by atoms with E-state index in [1.165, 1.54) is 11.0 Å². The van der Waals surface area contributed by atoms with Crippen molar-refractivity contribution < 1.29 is 22.7 Å². The second-order valence-corrected chi connectivity index (χ2v) is 5.05. The molecule has 0 aliphatic carbocycles. The normalized spacial score (nSPS) is 16.3. The van der Waals surface area contributed by atoms with Crippen LogP contribution in [0.5, 0.6) is 0 Å². The zero-order valence-corrected chi connectivity index (χ0v) is 11.7. The Kier molecular flexibility index (Phi) is 4.90. The number of benzene rings is 1. The Balaban J connectivity index is 1.78. The van der Waals surface area contributed by atoms with Crippen molar-refractivity contribution >= 4 is 23.6 Å². The van der Waals surface area contributed by atoms with Gasteiger partial charge in [0.25, 0.3) is 0 Å². The number of nitrogens with zero attached hydrogens (tertiary/aromatic N) is 1. The molecule has 2 rings (SSSR count). The molecule has 114 valence electrons. The summed E-state index contributed by atoms with van der Waals surface area (Å²) < 4.78 is 40.5. The van der Waals surface area contributed by atoms with Crippen molar-refractivity contribution in [1.29, 1.82) is 0 Å². The van der Waals surface area contributed by atoms with E-state index in [0.717, 1.165) is 0 Å². The summed E-state index contributed by atoms with van der Waals surface area (Å²) in [5.74, 6) is -0.276. The Labute approximate surface area is 124 Å². The SMILES string of the molecule is O=C(/C=C/c1ccccc1Cl)N1CC(OCC(F)(F)F)C1. The van der Waals surface area contributed by atoms with Crippen LogP contribution in [0.1, 0.15) is 5.56 Å². The van der Waals surface area contributed by atoms with E-state index in [-0.39, 0.29) is 19.0 Å². The number of carbonyl (C=O) groups is 1. The average Bonchev–Trinajstić information content (AvgIpc) is 2.34. The molecule has 1 aromatic carbocycles. The zero-order valence-electron chi connectivity index (χ0n) is 10.9. The molecule has 0 N–H and O–H groups in total. The van der Waals surface area contributed by atoms with Crippen LogP contribution in [0.15, 0.2) is 30.3 Å². The summed E-state index contributed by atoms with van der Waals surface area (Å²) in [5.41, 5.74) is 0.706. The smallest absolute Gasteiger partial charge is 0.365 e. The largest absolute Gasteiger partial charge is 0.411 e. The maximum atomic E-state index is 11.9. The van der Waals surface area contributed by atoms with E-state index >= 15 is 0 Å². The quantitative estimate of drug-likeness (QED) is 0.798. The van der Waals surface area contributed by atoms with Gasteiger partial charge in [-0.1, -0.05) is 29.8 Å². The van der Waals surface area contributed by atoms with Gasteiger partial charge in [-0.15, -0.1) is 0 Å². The number of alkyl halides is 3. The molecule has 3 nitrogen and oxygen atoms in total. The van der Waals surface area contributed by atoms with Gasteiger partial charge in [-0.2, -0.15) is 13.2 Å². The Hall–Kier alpha value is -1.53. The van der Waals surface area contributed by atoms with Crippen LogP contribution in [0, 0.1) is 0 Å². The van der Waals surface area contributed by atoms with Gasteiger partial charge in [0.15, 0.2) is 0 Å². The first-order chi connectivity index (χ1) is 9.85. The molecule has 1 amide bonds. The van der Waals surface area contributed by atoms with E-state index in [1.54, 1.807) is 30.3 Å². The van der Waals surface area contributed by atoms with Gasteiger partial charge in [-0.3, -0.25) is 4.79 Å². The molecule has 0 saturated carbocycles. The molecule has 1 aliphatic heterocycles. The van der Waals surface area contributed by atoms with Gasteiger partial charge in [0.1, 0.15) is 6.61 Å². The fraction of sp³-hybridized carbons (Fsp3) is 0.357. The Bertz CT molecular complexity index is 539. The van der Waals surface area contributed by atoms with Crippen LogP contribution in [-0.2, 0) is 9.53 Å². The number of likely N-dealkylation sites (tertiary alicyclic amines) is 1. The first kappa shape index (κ1) is 15.9. The van der Waals surface area contributed by atoms with Gasteiger partial charge < -0.3 is 9.64 Å². The molecule has 1 fully saturated rings. The lowest BCUT2D eigenvalue weighted by Crippen LogP contribution is -2.54. The molecule has 0 aromatic heterocycles. The van der Waals surface area contributed by atoms with Crippen molar-refractivity contribution in [2.24, 2.45) is 0 Å². The summed E-state index contributed by atoms with van der Waals surface area (Å²) in [6.07, 6.45) is -1.96. The first-order valence-electron chi connectivity index (χ1n) is 6.25. The molecule has 1 aromatic rings. The summed E-state index contributed by atoms with van der Waals surface area (Å²) in [4.78, 5) is 13.2. The fourth-order valence-corrected chi connectivity index (χ4v) is 2.01. The van der Waals surface area contributed by atoms with Crippen molar-refractivity contribution in [3.05, 3.63) is 40.9 Å². The third-order valence-corrected chi connectivity index (χ3v) is 3.30. The summed E-state index contributed by atoms with van der Waals surface area (Å²) >= 11 is 5.94. The van der Waals surface area contributed by atoms with Gasteiger partial charge >= 0.3 is 6.18 Å². The molecule has 0 spiro atoms. The third-order valence-electron chi connectivity index (χ3n) is 2.95. The molecular formula is C14H13ClF3NO2. The number of ether oxygens (including phenoxy) is 1. The molecule has 7 heteroatoms. The van der Waals surface area contributed by atoms with Gasteiger partial charge in [0.05, 0.1) is 6.10 Å². The minimum absolute atomic E-state index is 0.168. The second kappa shape index (κ2) is 6.49. The van der Waals surface area contributed by atoms with E-state index in [2.05, 4.69) is 4.74 Å². The van der Waals surface area contributed by atoms with E-state index in [0.29, 0.717) is 10.6 Å². The average molecular weight is 320 g/mol. The maximum absolute atomic E-state index is 11.9. The van der Waals surface area contributed by atoms with Gasteiger partial charge in [-0.25, -0.2) is 0 Å². The number of halogens is 4. The van der Waals surface area contributed by atoms with Gasteiger partial charge in [0, 0.05) is 24.2 Å². The molecule has 0 unspecified atom stereocenters. The Morgan fingerprint density at radius 1 is 1.38 bits per heavy atom. The highest BCUT2D eigenvalue weighted by Crippen LogP contribution is 2.20. The molecule has 1 heterocycles. The molecular weight excluding hydrogens is 307 g/mol. The lowest BCUT2D eigenvalue weighted by Gasteiger charge is -2.38. The number of hydrogen-bond donors (Lipinski definition) is 0. The highest BCUT2D eigenvalue weighted by atomic mass is 35.5. The fourth-order valence-electron chi connectivity index (χ4n) is 1.81. The summed E-state index contributed by atoms with van der Waals surface area (Å²) in [7, 11) is 0. The predicted octanol–water partition coefficient (Wildman–Crippen LogP) is 3.14.